The maximum atomic E-state index is 12.7. The van der Waals surface area contributed by atoms with Crippen LogP contribution in [-0.2, 0) is 33.7 Å². The second-order valence-electron chi connectivity index (χ2n) is 9.61. The monoisotopic (exact) mass is 407 g/mol. The van der Waals surface area contributed by atoms with Crippen LogP contribution < -0.4 is 4.72 Å². The summed E-state index contributed by atoms with van der Waals surface area (Å²) in [7, 11) is 0. The SMILES string of the molecule is CCc1cc(C)ccc1CC1(CN[S+]([O-])C(C)(C)C)CCC2(CC1)OCCO2. The van der Waals surface area contributed by atoms with Crippen molar-refractivity contribution >= 4 is 11.4 Å². The van der Waals surface area contributed by atoms with E-state index in [2.05, 4.69) is 36.8 Å². The van der Waals surface area contributed by atoms with Gasteiger partial charge >= 0.3 is 0 Å². The van der Waals surface area contributed by atoms with Crippen LogP contribution in [-0.4, -0.2) is 34.8 Å². The van der Waals surface area contributed by atoms with Crippen LogP contribution in [0.2, 0.25) is 0 Å². The zero-order chi connectivity index (χ0) is 20.4. The number of nitrogens with one attached hydrogen (secondary N) is 1. The minimum atomic E-state index is -1.06. The van der Waals surface area contributed by atoms with Crippen LogP contribution >= 0.6 is 0 Å². The van der Waals surface area contributed by atoms with E-state index < -0.39 is 11.4 Å². The van der Waals surface area contributed by atoms with Crippen molar-refractivity contribution in [3.63, 3.8) is 0 Å². The van der Waals surface area contributed by atoms with E-state index in [-0.39, 0.29) is 15.9 Å². The fourth-order valence-corrected chi connectivity index (χ4v) is 5.33. The quantitative estimate of drug-likeness (QED) is 0.708. The molecule has 1 aromatic rings. The number of hydrogen-bond donors (Lipinski definition) is 1. The molecule has 158 valence electrons. The molecule has 5 heteroatoms. The first kappa shape index (κ1) is 22.1. The van der Waals surface area contributed by atoms with Crippen molar-refractivity contribution in [1.29, 1.82) is 0 Å². The van der Waals surface area contributed by atoms with Crippen LogP contribution in [0.4, 0.5) is 0 Å². The van der Waals surface area contributed by atoms with Gasteiger partial charge < -0.3 is 14.0 Å². The molecule has 1 heterocycles. The van der Waals surface area contributed by atoms with E-state index in [9.17, 15) is 4.55 Å². The van der Waals surface area contributed by atoms with E-state index >= 15 is 0 Å². The number of aryl methyl sites for hydroxylation is 2. The third-order valence-corrected chi connectivity index (χ3v) is 7.85. The molecule has 0 aromatic heterocycles. The Hall–Kier alpha value is -0.590. The third kappa shape index (κ3) is 5.11. The maximum absolute atomic E-state index is 12.7. The lowest BCUT2D eigenvalue weighted by atomic mass is 9.68. The number of benzene rings is 1. The predicted molar refractivity (Wildman–Crippen MR) is 116 cm³/mol. The molecule has 1 aromatic carbocycles. The Kier molecular flexibility index (Phi) is 6.83. The van der Waals surface area contributed by atoms with Crippen molar-refractivity contribution in [3.8, 4) is 0 Å². The van der Waals surface area contributed by atoms with Gasteiger partial charge in [0.05, 0.1) is 13.2 Å². The lowest BCUT2D eigenvalue weighted by Gasteiger charge is -2.44. The summed E-state index contributed by atoms with van der Waals surface area (Å²) in [5.41, 5.74) is 4.27. The topological polar surface area (TPSA) is 53.5 Å². The number of rotatable bonds is 6. The van der Waals surface area contributed by atoms with E-state index in [0.29, 0.717) is 13.2 Å². The van der Waals surface area contributed by atoms with Crippen molar-refractivity contribution in [1.82, 2.24) is 4.72 Å². The lowest BCUT2D eigenvalue weighted by Crippen LogP contribution is -2.49. The highest BCUT2D eigenvalue weighted by atomic mass is 32.2. The van der Waals surface area contributed by atoms with Gasteiger partial charge in [-0.05, 0) is 69.9 Å². The highest BCUT2D eigenvalue weighted by Crippen LogP contribution is 2.46. The van der Waals surface area contributed by atoms with Gasteiger partial charge in [0.15, 0.2) is 5.79 Å². The van der Waals surface area contributed by atoms with E-state index in [1.54, 1.807) is 0 Å². The van der Waals surface area contributed by atoms with Gasteiger partial charge in [-0.25, -0.2) is 0 Å². The smallest absolute Gasteiger partial charge is 0.168 e. The summed E-state index contributed by atoms with van der Waals surface area (Å²) in [4.78, 5) is 0. The van der Waals surface area contributed by atoms with E-state index in [0.717, 1.165) is 45.1 Å². The van der Waals surface area contributed by atoms with Crippen molar-refractivity contribution in [3.05, 3.63) is 34.9 Å². The van der Waals surface area contributed by atoms with Crippen LogP contribution in [0.5, 0.6) is 0 Å². The molecular formula is C23H37NO3S. The molecule has 1 saturated heterocycles. The fraction of sp³-hybridized carbons (Fsp3) is 0.739. The van der Waals surface area contributed by atoms with Gasteiger partial charge in [-0.3, -0.25) is 0 Å². The molecular weight excluding hydrogens is 370 g/mol. The van der Waals surface area contributed by atoms with Crippen LogP contribution in [0.25, 0.3) is 0 Å². The minimum Gasteiger partial charge on any atom is -0.598 e. The Morgan fingerprint density at radius 2 is 1.71 bits per heavy atom. The van der Waals surface area contributed by atoms with Crippen LogP contribution in [0.1, 0.15) is 70.1 Å². The van der Waals surface area contributed by atoms with Crippen molar-refractivity contribution in [2.24, 2.45) is 5.41 Å². The summed E-state index contributed by atoms with van der Waals surface area (Å²) in [6, 6.07) is 6.83. The maximum Gasteiger partial charge on any atom is 0.168 e. The van der Waals surface area contributed by atoms with Crippen LogP contribution in [0.3, 0.4) is 0 Å². The zero-order valence-corrected chi connectivity index (χ0v) is 19.0. The highest BCUT2D eigenvalue weighted by molar-refractivity contribution is 7.90. The molecule has 2 aliphatic rings. The third-order valence-electron chi connectivity index (χ3n) is 6.33. The van der Waals surface area contributed by atoms with Gasteiger partial charge in [-0.2, -0.15) is 0 Å². The van der Waals surface area contributed by atoms with Crippen molar-refractivity contribution in [2.75, 3.05) is 19.8 Å². The largest absolute Gasteiger partial charge is 0.598 e. The molecule has 0 bridgehead atoms. The molecule has 3 rings (SSSR count). The van der Waals surface area contributed by atoms with Gasteiger partial charge in [-0.1, -0.05) is 30.7 Å². The first-order chi connectivity index (χ1) is 13.2. The second-order valence-corrected chi connectivity index (χ2v) is 11.7. The van der Waals surface area contributed by atoms with Gasteiger partial charge in [0, 0.05) is 30.7 Å². The molecule has 1 spiro atoms. The van der Waals surface area contributed by atoms with E-state index in [4.69, 9.17) is 9.47 Å². The zero-order valence-electron chi connectivity index (χ0n) is 18.2. The van der Waals surface area contributed by atoms with Gasteiger partial charge in [0.1, 0.15) is 4.75 Å². The first-order valence-corrected chi connectivity index (χ1v) is 11.8. The Bertz CT molecular complexity index is 654. The Balaban J connectivity index is 1.79. The fourth-order valence-electron chi connectivity index (χ4n) is 4.46. The summed E-state index contributed by atoms with van der Waals surface area (Å²) in [5, 5.41) is 0. The molecule has 1 unspecified atom stereocenters. The summed E-state index contributed by atoms with van der Waals surface area (Å²) in [5.74, 6) is -0.368. The van der Waals surface area contributed by atoms with Gasteiger partial charge in [0.25, 0.3) is 0 Å². The Morgan fingerprint density at radius 3 is 2.29 bits per heavy atom. The number of hydrogen-bond acceptors (Lipinski definition) is 4. The molecule has 1 saturated carbocycles. The Labute approximate surface area is 174 Å². The van der Waals surface area contributed by atoms with Crippen molar-refractivity contribution < 1.29 is 14.0 Å². The molecule has 1 aliphatic carbocycles. The summed E-state index contributed by atoms with van der Waals surface area (Å²) in [6.07, 6.45) is 5.95. The Morgan fingerprint density at radius 1 is 1.07 bits per heavy atom. The molecule has 28 heavy (non-hydrogen) atoms. The van der Waals surface area contributed by atoms with E-state index in [1.807, 2.05) is 20.8 Å². The number of ether oxygens (including phenoxy) is 2. The first-order valence-electron chi connectivity index (χ1n) is 10.7. The molecule has 1 atom stereocenters. The summed E-state index contributed by atoms with van der Waals surface area (Å²) >= 11 is -1.06. The molecule has 2 fully saturated rings. The highest BCUT2D eigenvalue weighted by Gasteiger charge is 2.47. The standard InChI is InChI=1S/C23H37NO3S/c1-6-19-15-18(2)7-8-20(19)16-22(17-24-28(25)21(3,4)5)9-11-23(12-10-22)26-13-14-27-23/h7-8,15,24H,6,9-14,16-17H2,1-5H3. The average Bonchev–Trinajstić information content (AvgIpc) is 3.11. The minimum absolute atomic E-state index is 0.0840. The predicted octanol–water partition coefficient (Wildman–Crippen LogP) is 4.46. The summed E-state index contributed by atoms with van der Waals surface area (Å²) in [6.45, 7) is 12.6. The molecule has 1 N–H and O–H groups in total. The lowest BCUT2D eigenvalue weighted by molar-refractivity contribution is -0.191. The van der Waals surface area contributed by atoms with E-state index in [1.165, 1.54) is 16.7 Å². The molecule has 0 amide bonds. The molecule has 0 radical (unpaired) electrons. The van der Waals surface area contributed by atoms with Gasteiger partial charge in [0.2, 0.25) is 0 Å². The average molecular weight is 408 g/mol. The van der Waals surface area contributed by atoms with Crippen molar-refractivity contribution in [2.45, 2.75) is 83.7 Å². The van der Waals surface area contributed by atoms with Crippen LogP contribution in [0, 0.1) is 12.3 Å². The normalized spacial score (nSPS) is 22.5. The second kappa shape index (κ2) is 8.65. The van der Waals surface area contributed by atoms with Crippen LogP contribution in [0.15, 0.2) is 18.2 Å². The van der Waals surface area contributed by atoms with Gasteiger partial charge in [-0.15, -0.1) is 4.72 Å². The summed E-state index contributed by atoms with van der Waals surface area (Å²) < 4.78 is 27.7. The molecule has 1 aliphatic heterocycles. The molecule has 4 nitrogen and oxygen atoms in total.